The quantitative estimate of drug-likeness (QED) is 0.584. The SMILES string of the molecule is COc1ccc2nc(NC(=O)c3ccccc3[N+](=O)[O-])sc2c1. The average molecular weight is 329 g/mol. The maximum absolute atomic E-state index is 12.3. The van der Waals surface area contributed by atoms with E-state index in [1.54, 1.807) is 25.3 Å². The van der Waals surface area contributed by atoms with Crippen molar-refractivity contribution in [3.05, 3.63) is 58.1 Å². The number of ether oxygens (including phenoxy) is 1. The van der Waals surface area contributed by atoms with Crippen LogP contribution in [0.3, 0.4) is 0 Å². The van der Waals surface area contributed by atoms with E-state index in [9.17, 15) is 14.9 Å². The monoisotopic (exact) mass is 329 g/mol. The third kappa shape index (κ3) is 2.97. The lowest BCUT2D eigenvalue weighted by atomic mass is 10.1. The first-order valence-corrected chi connectivity index (χ1v) is 7.39. The van der Waals surface area contributed by atoms with E-state index in [0.717, 1.165) is 4.70 Å². The summed E-state index contributed by atoms with van der Waals surface area (Å²) < 4.78 is 5.99. The molecule has 23 heavy (non-hydrogen) atoms. The first kappa shape index (κ1) is 14.9. The molecule has 0 fully saturated rings. The van der Waals surface area contributed by atoms with Crippen molar-refractivity contribution in [1.82, 2.24) is 4.98 Å². The molecule has 0 aliphatic heterocycles. The molecule has 7 nitrogen and oxygen atoms in total. The Kier molecular flexibility index (Phi) is 3.90. The topological polar surface area (TPSA) is 94.4 Å². The lowest BCUT2D eigenvalue weighted by Gasteiger charge is -2.02. The molecule has 2 aromatic carbocycles. The largest absolute Gasteiger partial charge is 0.497 e. The minimum atomic E-state index is -0.585. The van der Waals surface area contributed by atoms with Crippen molar-refractivity contribution in [2.45, 2.75) is 0 Å². The molecule has 0 bridgehead atoms. The first-order chi connectivity index (χ1) is 11.1. The van der Waals surface area contributed by atoms with Gasteiger partial charge in [0.25, 0.3) is 11.6 Å². The van der Waals surface area contributed by atoms with Gasteiger partial charge >= 0.3 is 0 Å². The smallest absolute Gasteiger partial charge is 0.282 e. The fourth-order valence-corrected chi connectivity index (χ4v) is 2.96. The van der Waals surface area contributed by atoms with Crippen molar-refractivity contribution in [2.75, 3.05) is 12.4 Å². The van der Waals surface area contributed by atoms with Gasteiger partial charge in [-0.3, -0.25) is 20.2 Å². The number of hydrogen-bond donors (Lipinski definition) is 1. The van der Waals surface area contributed by atoms with Crippen LogP contribution in [0.15, 0.2) is 42.5 Å². The number of nitro groups is 1. The summed E-state index contributed by atoms with van der Waals surface area (Å²) in [5.41, 5.74) is 0.468. The minimum Gasteiger partial charge on any atom is -0.497 e. The summed E-state index contributed by atoms with van der Waals surface area (Å²) >= 11 is 1.27. The molecule has 3 aromatic rings. The molecule has 116 valence electrons. The average Bonchev–Trinajstić information content (AvgIpc) is 2.95. The van der Waals surface area contributed by atoms with Crippen LogP contribution in [-0.4, -0.2) is 22.9 Å². The number of aromatic nitrogens is 1. The highest BCUT2D eigenvalue weighted by molar-refractivity contribution is 7.22. The number of nitrogens with zero attached hydrogens (tertiary/aromatic N) is 2. The van der Waals surface area contributed by atoms with Gasteiger partial charge in [-0.25, -0.2) is 4.98 Å². The van der Waals surface area contributed by atoms with Crippen LogP contribution in [0.5, 0.6) is 5.75 Å². The van der Waals surface area contributed by atoms with Crippen LogP contribution >= 0.6 is 11.3 Å². The van der Waals surface area contributed by atoms with E-state index in [-0.39, 0.29) is 11.3 Å². The maximum Gasteiger partial charge on any atom is 0.282 e. The molecule has 1 aromatic heterocycles. The molecule has 0 saturated heterocycles. The van der Waals surface area contributed by atoms with Crippen molar-refractivity contribution in [3.63, 3.8) is 0 Å². The normalized spacial score (nSPS) is 10.5. The lowest BCUT2D eigenvalue weighted by Crippen LogP contribution is -2.13. The highest BCUT2D eigenvalue weighted by Crippen LogP contribution is 2.30. The number of methoxy groups -OCH3 is 1. The van der Waals surface area contributed by atoms with Gasteiger partial charge in [-0.2, -0.15) is 0 Å². The van der Waals surface area contributed by atoms with Gasteiger partial charge in [0.15, 0.2) is 5.13 Å². The van der Waals surface area contributed by atoms with Crippen molar-refractivity contribution >= 4 is 38.3 Å². The number of rotatable bonds is 4. The number of nitro benzene ring substituents is 1. The van der Waals surface area contributed by atoms with Gasteiger partial charge in [-0.1, -0.05) is 23.5 Å². The summed E-state index contributed by atoms with van der Waals surface area (Å²) in [5, 5.41) is 14.0. The number of amides is 1. The van der Waals surface area contributed by atoms with Gasteiger partial charge in [-0.05, 0) is 24.3 Å². The number of carbonyl (C=O) groups excluding carboxylic acids is 1. The Morgan fingerprint density at radius 1 is 1.30 bits per heavy atom. The summed E-state index contributed by atoms with van der Waals surface area (Å²) in [4.78, 5) is 27.0. The summed E-state index contributed by atoms with van der Waals surface area (Å²) in [5.74, 6) is 0.126. The van der Waals surface area contributed by atoms with Crippen LogP contribution in [0, 0.1) is 10.1 Å². The molecule has 0 aliphatic rings. The number of nitrogens with one attached hydrogen (secondary N) is 1. The molecule has 8 heteroatoms. The number of thiazole rings is 1. The van der Waals surface area contributed by atoms with Crippen LogP contribution in [0.25, 0.3) is 10.2 Å². The van der Waals surface area contributed by atoms with Crippen LogP contribution in [-0.2, 0) is 0 Å². The van der Waals surface area contributed by atoms with Crippen molar-refractivity contribution in [3.8, 4) is 5.75 Å². The second-order valence-corrected chi connectivity index (χ2v) is 5.61. The highest BCUT2D eigenvalue weighted by Gasteiger charge is 2.20. The van der Waals surface area contributed by atoms with Gasteiger partial charge in [0.05, 0.1) is 22.2 Å². The fourth-order valence-electron chi connectivity index (χ4n) is 2.07. The van der Waals surface area contributed by atoms with Crippen molar-refractivity contribution < 1.29 is 14.5 Å². The van der Waals surface area contributed by atoms with Gasteiger partial charge in [0.2, 0.25) is 0 Å². The van der Waals surface area contributed by atoms with Crippen LogP contribution in [0.4, 0.5) is 10.8 Å². The number of para-hydroxylation sites is 1. The number of fused-ring (bicyclic) bond motifs is 1. The Hall–Kier alpha value is -3.00. The van der Waals surface area contributed by atoms with Crippen LogP contribution in [0.2, 0.25) is 0 Å². The molecule has 1 amide bonds. The second-order valence-electron chi connectivity index (χ2n) is 4.58. The summed E-state index contributed by atoms with van der Waals surface area (Å²) in [7, 11) is 1.57. The van der Waals surface area contributed by atoms with Crippen LogP contribution in [0.1, 0.15) is 10.4 Å². The molecule has 1 N–H and O–H groups in total. The van der Waals surface area contributed by atoms with E-state index in [4.69, 9.17) is 4.74 Å². The number of anilines is 1. The third-order valence-electron chi connectivity index (χ3n) is 3.16. The van der Waals surface area contributed by atoms with Crippen molar-refractivity contribution in [1.29, 1.82) is 0 Å². The first-order valence-electron chi connectivity index (χ1n) is 6.58. The Balaban J connectivity index is 1.90. The van der Waals surface area contributed by atoms with E-state index in [0.29, 0.717) is 16.4 Å². The van der Waals surface area contributed by atoms with E-state index >= 15 is 0 Å². The standard InChI is InChI=1S/C15H11N3O4S/c1-22-9-6-7-11-13(8-9)23-15(16-11)17-14(19)10-4-2-3-5-12(10)18(20)21/h2-8H,1H3,(H,16,17,19). The number of benzene rings is 2. The molecule has 0 unspecified atom stereocenters. The summed E-state index contributed by atoms with van der Waals surface area (Å²) in [6, 6.07) is 11.2. The predicted molar refractivity (Wildman–Crippen MR) is 87.2 cm³/mol. The van der Waals surface area contributed by atoms with Gasteiger partial charge in [0.1, 0.15) is 11.3 Å². The van der Waals surface area contributed by atoms with E-state index in [2.05, 4.69) is 10.3 Å². The molecular weight excluding hydrogens is 318 g/mol. The summed E-state index contributed by atoms with van der Waals surface area (Å²) in [6.45, 7) is 0. The Bertz CT molecular complexity index is 907. The van der Waals surface area contributed by atoms with E-state index < -0.39 is 10.8 Å². The van der Waals surface area contributed by atoms with Gasteiger partial charge < -0.3 is 4.74 Å². The van der Waals surface area contributed by atoms with E-state index in [1.165, 1.54) is 29.5 Å². The number of hydrogen-bond acceptors (Lipinski definition) is 6. The predicted octanol–water partition coefficient (Wildman–Crippen LogP) is 3.47. The third-order valence-corrected chi connectivity index (χ3v) is 4.10. The zero-order chi connectivity index (χ0) is 16.4. The molecule has 0 aliphatic carbocycles. The zero-order valence-corrected chi connectivity index (χ0v) is 12.8. The highest BCUT2D eigenvalue weighted by atomic mass is 32.1. The second kappa shape index (κ2) is 6.01. The summed E-state index contributed by atoms with van der Waals surface area (Å²) in [6.07, 6.45) is 0. The Labute approximate surface area is 134 Å². The minimum absolute atomic E-state index is 0.00524. The van der Waals surface area contributed by atoms with Crippen molar-refractivity contribution in [2.24, 2.45) is 0 Å². The van der Waals surface area contributed by atoms with Gasteiger partial charge in [-0.15, -0.1) is 0 Å². The molecule has 0 spiro atoms. The molecule has 1 heterocycles. The zero-order valence-electron chi connectivity index (χ0n) is 12.0. The van der Waals surface area contributed by atoms with Crippen LogP contribution < -0.4 is 10.1 Å². The molecule has 3 rings (SSSR count). The molecular formula is C15H11N3O4S. The maximum atomic E-state index is 12.3. The van der Waals surface area contributed by atoms with E-state index in [1.807, 2.05) is 6.07 Å². The number of carbonyl (C=O) groups is 1. The van der Waals surface area contributed by atoms with Gasteiger partial charge in [0, 0.05) is 6.07 Å². The molecule has 0 radical (unpaired) electrons. The molecule has 0 atom stereocenters. The Morgan fingerprint density at radius 3 is 2.83 bits per heavy atom. The molecule has 0 saturated carbocycles. The Morgan fingerprint density at radius 2 is 2.09 bits per heavy atom. The lowest BCUT2D eigenvalue weighted by molar-refractivity contribution is -0.385. The fraction of sp³-hybridized carbons (Fsp3) is 0.0667.